The molecule has 0 radical (unpaired) electrons. The molecule has 0 amide bonds. The van der Waals surface area contributed by atoms with Gasteiger partial charge in [0.1, 0.15) is 5.82 Å². The molecule has 0 aliphatic heterocycles. The number of hydrogen-bond donors (Lipinski definition) is 3. The predicted molar refractivity (Wildman–Crippen MR) is 109 cm³/mol. The molecule has 0 saturated carbocycles. The molecule has 4 nitrogen and oxygen atoms in total. The number of rotatable bonds is 10. The lowest BCUT2D eigenvalue weighted by atomic mass is 10.2. The average Bonchev–Trinajstić information content (AvgIpc) is 3.02. The molecular weight excluding hydrogens is 365 g/mol. The van der Waals surface area contributed by atoms with E-state index in [0.717, 1.165) is 37.0 Å². The Morgan fingerprint density at radius 3 is 2.63 bits per heavy atom. The van der Waals surface area contributed by atoms with Gasteiger partial charge in [0.25, 0.3) is 0 Å². The summed E-state index contributed by atoms with van der Waals surface area (Å²) in [4.78, 5) is 0. The van der Waals surface area contributed by atoms with Gasteiger partial charge in [-0.3, -0.25) is 0 Å². The van der Waals surface area contributed by atoms with Gasteiger partial charge in [0.15, 0.2) is 0 Å². The van der Waals surface area contributed by atoms with E-state index in [1.54, 1.807) is 12.1 Å². The van der Waals surface area contributed by atoms with Crippen LogP contribution in [0.15, 0.2) is 48.7 Å². The van der Waals surface area contributed by atoms with Gasteiger partial charge in [0.2, 0.25) is 0 Å². The lowest BCUT2D eigenvalue weighted by molar-refractivity contribution is 0.292. The molecule has 3 aromatic rings. The maximum atomic E-state index is 14.2. The number of aliphatic hydroxyl groups excluding tert-OH is 1. The summed E-state index contributed by atoms with van der Waals surface area (Å²) < 4.78 is 16.2. The maximum Gasteiger partial charge on any atom is 0.129 e. The van der Waals surface area contributed by atoms with E-state index in [0.29, 0.717) is 23.7 Å². The van der Waals surface area contributed by atoms with E-state index in [2.05, 4.69) is 27.5 Å². The highest BCUT2D eigenvalue weighted by atomic mass is 35.5. The van der Waals surface area contributed by atoms with Gasteiger partial charge in [0.05, 0.1) is 13.2 Å². The average molecular weight is 390 g/mol. The van der Waals surface area contributed by atoms with Gasteiger partial charge in [-0.25, -0.2) is 4.39 Å². The van der Waals surface area contributed by atoms with Crippen LogP contribution in [0.3, 0.4) is 0 Å². The highest BCUT2D eigenvalue weighted by Gasteiger charge is 2.12. The van der Waals surface area contributed by atoms with E-state index in [4.69, 9.17) is 16.7 Å². The quantitative estimate of drug-likeness (QED) is 0.465. The molecule has 3 N–H and O–H groups in total. The van der Waals surface area contributed by atoms with Crippen LogP contribution in [0.4, 0.5) is 4.39 Å². The third-order valence-corrected chi connectivity index (χ3v) is 4.93. The van der Waals surface area contributed by atoms with E-state index >= 15 is 0 Å². The minimum atomic E-state index is -0.282. The van der Waals surface area contributed by atoms with Crippen molar-refractivity contribution in [2.75, 3.05) is 26.2 Å². The second-order valence-electron chi connectivity index (χ2n) is 6.50. The van der Waals surface area contributed by atoms with Gasteiger partial charge >= 0.3 is 0 Å². The largest absolute Gasteiger partial charge is 0.395 e. The van der Waals surface area contributed by atoms with Crippen LogP contribution in [0.2, 0.25) is 5.02 Å². The molecule has 1 aromatic heterocycles. The van der Waals surface area contributed by atoms with Crippen molar-refractivity contribution in [3.05, 3.63) is 70.6 Å². The number of halogens is 2. The van der Waals surface area contributed by atoms with Crippen molar-refractivity contribution in [3.63, 3.8) is 0 Å². The Morgan fingerprint density at radius 2 is 1.81 bits per heavy atom. The fraction of sp³-hybridized carbons (Fsp3) is 0.333. The van der Waals surface area contributed by atoms with Crippen molar-refractivity contribution in [1.29, 1.82) is 0 Å². The molecule has 0 aliphatic carbocycles. The topological polar surface area (TPSA) is 49.2 Å². The molecule has 27 heavy (non-hydrogen) atoms. The normalized spacial score (nSPS) is 11.4. The number of para-hydroxylation sites is 1. The van der Waals surface area contributed by atoms with E-state index < -0.39 is 0 Å². The van der Waals surface area contributed by atoms with Crippen molar-refractivity contribution >= 4 is 22.5 Å². The fourth-order valence-corrected chi connectivity index (χ4v) is 3.44. The van der Waals surface area contributed by atoms with E-state index in [1.807, 2.05) is 18.2 Å². The van der Waals surface area contributed by atoms with Gasteiger partial charge in [0, 0.05) is 40.8 Å². The number of hydrogen-bond acceptors (Lipinski definition) is 3. The SMILES string of the molecule is OCCNCCCNCc1cn(Cc2c(F)cccc2Cl)c2ccccc12. The Morgan fingerprint density at radius 1 is 1.00 bits per heavy atom. The summed E-state index contributed by atoms with van der Waals surface area (Å²) in [5.74, 6) is -0.282. The highest BCUT2D eigenvalue weighted by molar-refractivity contribution is 6.31. The van der Waals surface area contributed by atoms with Crippen molar-refractivity contribution < 1.29 is 9.50 Å². The van der Waals surface area contributed by atoms with Crippen LogP contribution in [0.25, 0.3) is 10.9 Å². The van der Waals surface area contributed by atoms with Crippen molar-refractivity contribution in [1.82, 2.24) is 15.2 Å². The molecule has 6 heteroatoms. The van der Waals surface area contributed by atoms with Crippen LogP contribution in [0, 0.1) is 5.82 Å². The molecule has 0 atom stereocenters. The van der Waals surface area contributed by atoms with Crippen LogP contribution in [-0.2, 0) is 13.1 Å². The Hall–Kier alpha value is -1.92. The number of aromatic nitrogens is 1. The zero-order chi connectivity index (χ0) is 19.1. The third-order valence-electron chi connectivity index (χ3n) is 4.57. The summed E-state index contributed by atoms with van der Waals surface area (Å²) in [6.07, 6.45) is 3.06. The van der Waals surface area contributed by atoms with Crippen molar-refractivity contribution in [2.24, 2.45) is 0 Å². The molecule has 0 bridgehead atoms. The van der Waals surface area contributed by atoms with Crippen LogP contribution >= 0.6 is 11.6 Å². The van der Waals surface area contributed by atoms with Crippen LogP contribution in [-0.4, -0.2) is 35.9 Å². The molecule has 0 unspecified atom stereocenters. The number of nitrogens with zero attached hydrogens (tertiary/aromatic N) is 1. The van der Waals surface area contributed by atoms with Gasteiger partial charge in [-0.2, -0.15) is 0 Å². The number of fused-ring (bicyclic) bond motifs is 1. The summed E-state index contributed by atoms with van der Waals surface area (Å²) in [6, 6.07) is 12.9. The zero-order valence-corrected chi connectivity index (χ0v) is 16.0. The van der Waals surface area contributed by atoms with Crippen LogP contribution in [0.5, 0.6) is 0 Å². The molecule has 0 aliphatic rings. The standard InChI is InChI=1S/C21H25ClFN3O/c22-19-6-3-7-20(23)18(19)15-26-14-16(17-5-1-2-8-21(17)26)13-25-10-4-9-24-11-12-27/h1-3,5-8,14,24-25,27H,4,9-13,15H2. The predicted octanol–water partition coefficient (Wildman–Crippen LogP) is 3.54. The second-order valence-corrected chi connectivity index (χ2v) is 6.91. The van der Waals surface area contributed by atoms with E-state index in [-0.39, 0.29) is 12.4 Å². The Balaban J connectivity index is 1.70. The Labute approximate surface area is 164 Å². The monoisotopic (exact) mass is 389 g/mol. The summed E-state index contributed by atoms with van der Waals surface area (Å²) in [7, 11) is 0. The lowest BCUT2D eigenvalue weighted by Crippen LogP contribution is -2.23. The first-order valence-electron chi connectivity index (χ1n) is 9.22. The summed E-state index contributed by atoms with van der Waals surface area (Å²) in [6.45, 7) is 3.71. The number of nitrogens with one attached hydrogen (secondary N) is 2. The zero-order valence-electron chi connectivity index (χ0n) is 15.2. The van der Waals surface area contributed by atoms with Gasteiger partial charge < -0.3 is 20.3 Å². The Bertz CT molecular complexity index is 861. The summed E-state index contributed by atoms with van der Waals surface area (Å²) in [5.41, 5.74) is 2.76. The van der Waals surface area contributed by atoms with E-state index in [9.17, 15) is 4.39 Å². The van der Waals surface area contributed by atoms with Gasteiger partial charge in [-0.05, 0) is 43.3 Å². The summed E-state index contributed by atoms with van der Waals surface area (Å²) >= 11 is 6.20. The summed E-state index contributed by atoms with van der Waals surface area (Å²) in [5, 5.41) is 17.0. The molecule has 144 valence electrons. The van der Waals surface area contributed by atoms with Crippen molar-refractivity contribution in [2.45, 2.75) is 19.5 Å². The Kier molecular flexibility index (Phi) is 7.24. The molecule has 1 heterocycles. The molecule has 0 saturated heterocycles. The van der Waals surface area contributed by atoms with Crippen LogP contribution < -0.4 is 10.6 Å². The highest BCUT2D eigenvalue weighted by Crippen LogP contribution is 2.25. The van der Waals surface area contributed by atoms with E-state index in [1.165, 1.54) is 11.6 Å². The first-order chi connectivity index (χ1) is 13.2. The van der Waals surface area contributed by atoms with Gasteiger partial charge in [-0.15, -0.1) is 0 Å². The third kappa shape index (κ3) is 5.08. The molecule has 2 aromatic carbocycles. The first-order valence-corrected chi connectivity index (χ1v) is 9.60. The fourth-order valence-electron chi connectivity index (χ4n) is 3.21. The smallest absolute Gasteiger partial charge is 0.129 e. The minimum absolute atomic E-state index is 0.166. The second kappa shape index (κ2) is 9.85. The molecule has 0 spiro atoms. The number of aliphatic hydroxyl groups is 1. The van der Waals surface area contributed by atoms with Crippen molar-refractivity contribution in [3.8, 4) is 0 Å². The molecule has 0 fully saturated rings. The first kappa shape index (κ1) is 19.8. The minimum Gasteiger partial charge on any atom is -0.395 e. The molecular formula is C21H25ClFN3O. The van der Waals surface area contributed by atoms with Gasteiger partial charge in [-0.1, -0.05) is 35.9 Å². The molecule has 3 rings (SSSR count). The maximum absolute atomic E-state index is 14.2. The number of benzene rings is 2. The lowest BCUT2D eigenvalue weighted by Gasteiger charge is -2.08. The van der Waals surface area contributed by atoms with Crippen LogP contribution in [0.1, 0.15) is 17.5 Å².